The molecule has 5 heteroatoms. The zero-order valence-corrected chi connectivity index (χ0v) is 9.54. The summed E-state index contributed by atoms with van der Waals surface area (Å²) in [7, 11) is 0. The van der Waals surface area contributed by atoms with Crippen LogP contribution in [-0.2, 0) is 17.4 Å². The fraction of sp³-hybridized carbons (Fsp3) is 0. The molecule has 5 heavy (non-hydrogen) atoms. The zero-order chi connectivity index (χ0) is 0. The van der Waals surface area contributed by atoms with Gasteiger partial charge in [-0.3, -0.25) is 0 Å². The molecule has 0 spiro atoms. The molecular formula is Br4Cr. The summed E-state index contributed by atoms with van der Waals surface area (Å²) in [5.74, 6) is 0. The minimum atomic E-state index is 0. The molecule has 0 aromatic heterocycles. The minimum absolute atomic E-state index is 0. The molecule has 0 fully saturated rings. The second kappa shape index (κ2) is 31.9. The van der Waals surface area contributed by atoms with Gasteiger partial charge >= 0.3 is 17.4 Å². The molecule has 0 heterocycles. The van der Waals surface area contributed by atoms with Gasteiger partial charge in [-0.25, -0.2) is 0 Å². The van der Waals surface area contributed by atoms with Crippen LogP contribution in [0.1, 0.15) is 0 Å². The van der Waals surface area contributed by atoms with Crippen molar-refractivity contribution in [3.8, 4) is 0 Å². The molecule has 0 saturated heterocycles. The van der Waals surface area contributed by atoms with Crippen LogP contribution in [0.5, 0.6) is 0 Å². The Morgan fingerprint density at radius 3 is 0.400 bits per heavy atom. The summed E-state index contributed by atoms with van der Waals surface area (Å²) in [6, 6.07) is 0. The van der Waals surface area contributed by atoms with Crippen LogP contribution in [0.4, 0.5) is 0 Å². The predicted molar refractivity (Wildman–Crippen MR) is 0 cm³/mol. The third kappa shape index (κ3) is 21.3. The zero-order valence-electron chi connectivity index (χ0n) is 1.92. The molecule has 0 N–H and O–H groups in total. The van der Waals surface area contributed by atoms with Crippen LogP contribution in [0, 0.1) is 0 Å². The summed E-state index contributed by atoms with van der Waals surface area (Å²) in [5.41, 5.74) is 0. The van der Waals surface area contributed by atoms with Crippen molar-refractivity contribution in [3.63, 3.8) is 0 Å². The van der Waals surface area contributed by atoms with E-state index in [2.05, 4.69) is 0 Å². The Balaban J connectivity index is 0. The number of hydrogen-bond acceptors (Lipinski definition) is 0. The molecule has 0 amide bonds. The van der Waals surface area contributed by atoms with E-state index in [0.29, 0.717) is 0 Å². The van der Waals surface area contributed by atoms with E-state index >= 15 is 0 Å². The molecule has 0 rings (SSSR count). The predicted octanol–water partition coefficient (Wildman–Crippen LogP) is -12.0. The molecule has 0 aliphatic heterocycles. The molecule has 0 atom stereocenters. The third-order valence-corrected chi connectivity index (χ3v) is 0. The maximum absolute atomic E-state index is 0. The molecule has 0 aliphatic rings. The first-order valence-corrected chi connectivity index (χ1v) is 0. The summed E-state index contributed by atoms with van der Waals surface area (Å²) in [6.07, 6.45) is 0. The summed E-state index contributed by atoms with van der Waals surface area (Å²) < 4.78 is 0. The van der Waals surface area contributed by atoms with Gasteiger partial charge in [-0.05, 0) is 0 Å². The monoisotopic (exact) mass is 368 g/mol. The Bertz CT molecular complexity index is 3.61. The summed E-state index contributed by atoms with van der Waals surface area (Å²) in [5, 5.41) is 0. The van der Waals surface area contributed by atoms with Crippen LogP contribution in [0.3, 0.4) is 0 Å². The molecule has 0 radical (unpaired) electrons. The Morgan fingerprint density at radius 1 is 0.400 bits per heavy atom. The minimum Gasteiger partial charge on any atom is -1.00 e. The molecule has 0 bridgehead atoms. The Labute approximate surface area is 84.3 Å². The standard InChI is InChI=1S/4BrH.Cr/h4*1H;/q;;;;+4/p-4. The smallest absolute Gasteiger partial charge is 1.00 e. The average molecular weight is 372 g/mol. The van der Waals surface area contributed by atoms with Crippen molar-refractivity contribution in [2.45, 2.75) is 0 Å². The maximum atomic E-state index is 0. The molecule has 0 aliphatic carbocycles. The van der Waals surface area contributed by atoms with Gasteiger partial charge in [0.15, 0.2) is 0 Å². The normalized spacial score (nSPS) is 0. The van der Waals surface area contributed by atoms with Gasteiger partial charge in [0.1, 0.15) is 0 Å². The molecule has 0 aromatic rings. The first kappa shape index (κ1) is 51.6. The second-order valence-corrected chi connectivity index (χ2v) is 0. The number of rotatable bonds is 0. The molecule has 0 aromatic carbocycles. The topological polar surface area (TPSA) is 0 Å². The quantitative estimate of drug-likeness (QED) is 0.397. The van der Waals surface area contributed by atoms with Crippen molar-refractivity contribution in [1.82, 2.24) is 0 Å². The largest absolute Gasteiger partial charge is 4.00 e. The van der Waals surface area contributed by atoms with Gasteiger partial charge in [-0.15, -0.1) is 0 Å². The van der Waals surface area contributed by atoms with Gasteiger partial charge < -0.3 is 67.9 Å². The van der Waals surface area contributed by atoms with E-state index < -0.39 is 0 Å². The van der Waals surface area contributed by atoms with Crippen LogP contribution in [0.25, 0.3) is 0 Å². The summed E-state index contributed by atoms with van der Waals surface area (Å²) in [6.45, 7) is 0. The van der Waals surface area contributed by atoms with E-state index in [0.717, 1.165) is 0 Å². The fourth-order valence-corrected chi connectivity index (χ4v) is 0. The fourth-order valence-electron chi connectivity index (χ4n) is 0. The first-order chi connectivity index (χ1) is 0. The van der Waals surface area contributed by atoms with E-state index in [1.165, 1.54) is 0 Å². The number of halogens is 4. The van der Waals surface area contributed by atoms with Crippen molar-refractivity contribution in [1.29, 1.82) is 0 Å². The van der Waals surface area contributed by atoms with Crippen LogP contribution >= 0.6 is 0 Å². The Hall–Kier alpha value is 2.45. The van der Waals surface area contributed by atoms with Gasteiger partial charge in [0, 0.05) is 0 Å². The summed E-state index contributed by atoms with van der Waals surface area (Å²) >= 11 is 0. The van der Waals surface area contributed by atoms with E-state index in [9.17, 15) is 0 Å². The maximum Gasteiger partial charge on any atom is 4.00 e. The van der Waals surface area contributed by atoms with Gasteiger partial charge in [-0.1, -0.05) is 0 Å². The number of hydrogen-bond donors (Lipinski definition) is 0. The first-order valence-electron chi connectivity index (χ1n) is 0. The van der Waals surface area contributed by atoms with Gasteiger partial charge in [-0.2, -0.15) is 0 Å². The Morgan fingerprint density at radius 2 is 0.400 bits per heavy atom. The van der Waals surface area contributed by atoms with E-state index in [1.54, 1.807) is 0 Å². The van der Waals surface area contributed by atoms with Gasteiger partial charge in [0.05, 0.1) is 0 Å². The average Bonchev–Trinajstić information content (AvgIpc) is 0. The van der Waals surface area contributed by atoms with Gasteiger partial charge in [0.25, 0.3) is 0 Å². The third-order valence-electron chi connectivity index (χ3n) is 0. The molecule has 0 saturated carbocycles. The van der Waals surface area contributed by atoms with Crippen molar-refractivity contribution in [3.05, 3.63) is 0 Å². The van der Waals surface area contributed by atoms with Crippen LogP contribution in [0.2, 0.25) is 0 Å². The van der Waals surface area contributed by atoms with Crippen LogP contribution < -0.4 is 67.9 Å². The van der Waals surface area contributed by atoms with Crippen LogP contribution in [0.15, 0.2) is 0 Å². The van der Waals surface area contributed by atoms with Crippen molar-refractivity contribution >= 4 is 0 Å². The van der Waals surface area contributed by atoms with E-state index in [4.69, 9.17) is 0 Å². The van der Waals surface area contributed by atoms with E-state index in [-0.39, 0.29) is 85.3 Å². The second-order valence-electron chi connectivity index (χ2n) is 0. The molecule has 34 valence electrons. The van der Waals surface area contributed by atoms with Gasteiger partial charge in [0.2, 0.25) is 0 Å². The molecular weight excluding hydrogens is 372 g/mol. The Kier molecular flexibility index (Phi) is 329. The molecule has 0 unspecified atom stereocenters. The van der Waals surface area contributed by atoms with Crippen molar-refractivity contribution < 1.29 is 85.3 Å². The molecule has 0 nitrogen and oxygen atoms in total. The SMILES string of the molecule is [Br-].[Br-].[Br-].[Br-].[Cr+4]. The van der Waals surface area contributed by atoms with E-state index in [1.807, 2.05) is 0 Å². The van der Waals surface area contributed by atoms with Crippen LogP contribution in [-0.4, -0.2) is 0 Å². The summed E-state index contributed by atoms with van der Waals surface area (Å²) in [4.78, 5) is 0. The van der Waals surface area contributed by atoms with Crippen molar-refractivity contribution in [2.75, 3.05) is 0 Å². The van der Waals surface area contributed by atoms with Crippen molar-refractivity contribution in [2.24, 2.45) is 0 Å².